The van der Waals surface area contributed by atoms with E-state index in [2.05, 4.69) is 52.6 Å². The molecule has 1 aromatic rings. The predicted octanol–water partition coefficient (Wildman–Crippen LogP) is 5.40. The highest BCUT2D eigenvalue weighted by Gasteiger charge is 2.21. The number of ether oxygens (including phenoxy) is 1. The van der Waals surface area contributed by atoms with E-state index in [4.69, 9.17) is 4.74 Å². The van der Waals surface area contributed by atoms with Gasteiger partial charge in [-0.3, -0.25) is 0 Å². The largest absolute Gasteiger partial charge is 0.489 e. The third-order valence-corrected chi connectivity index (χ3v) is 3.98. The van der Waals surface area contributed by atoms with Crippen LogP contribution in [0.1, 0.15) is 43.9 Å². The van der Waals surface area contributed by atoms with Crippen LogP contribution in [0.5, 0.6) is 5.75 Å². The maximum atomic E-state index is 5.91. The summed E-state index contributed by atoms with van der Waals surface area (Å²) in [6, 6.07) is 4.52. The Kier molecular flexibility index (Phi) is 6.48. The van der Waals surface area contributed by atoms with Crippen molar-refractivity contribution in [3.63, 3.8) is 0 Å². The normalized spacial score (nSPS) is 11.0. The second kappa shape index (κ2) is 7.87. The van der Waals surface area contributed by atoms with Gasteiger partial charge in [0.15, 0.2) is 0 Å². The van der Waals surface area contributed by atoms with E-state index in [1.54, 1.807) is 6.08 Å². The van der Waals surface area contributed by atoms with Gasteiger partial charge >= 0.3 is 0 Å². The molecule has 0 atom stereocenters. The van der Waals surface area contributed by atoms with Gasteiger partial charge < -0.3 is 4.74 Å². The van der Waals surface area contributed by atoms with Crippen LogP contribution < -0.4 is 4.74 Å². The zero-order valence-corrected chi connectivity index (χ0v) is 13.7. The summed E-state index contributed by atoms with van der Waals surface area (Å²) in [6.07, 6.45) is 8.35. The molecule has 114 valence electrons. The second-order valence-corrected chi connectivity index (χ2v) is 5.95. The quantitative estimate of drug-likeness (QED) is 0.552. The minimum absolute atomic E-state index is 0.156. The molecule has 0 saturated carbocycles. The Morgan fingerprint density at radius 1 is 1.00 bits per heavy atom. The van der Waals surface area contributed by atoms with Crippen LogP contribution in [0.4, 0.5) is 0 Å². The summed E-state index contributed by atoms with van der Waals surface area (Å²) in [4.78, 5) is 0. The van der Waals surface area contributed by atoms with Crippen molar-refractivity contribution in [3.8, 4) is 5.75 Å². The second-order valence-electron chi connectivity index (χ2n) is 5.95. The maximum absolute atomic E-state index is 5.91. The smallest absolute Gasteiger partial charge is 0.126 e. The molecule has 0 amide bonds. The van der Waals surface area contributed by atoms with Crippen LogP contribution in [0.3, 0.4) is 0 Å². The first-order chi connectivity index (χ1) is 10.00. The maximum Gasteiger partial charge on any atom is 0.126 e. The number of benzene rings is 1. The Morgan fingerprint density at radius 3 is 1.90 bits per heavy atom. The predicted molar refractivity (Wildman–Crippen MR) is 93.3 cm³/mol. The van der Waals surface area contributed by atoms with Gasteiger partial charge in [-0.25, -0.2) is 0 Å². The molecule has 0 unspecified atom stereocenters. The molecule has 1 rings (SSSR count). The van der Waals surface area contributed by atoms with Gasteiger partial charge in [-0.1, -0.05) is 57.7 Å². The van der Waals surface area contributed by atoms with Crippen molar-refractivity contribution in [1.29, 1.82) is 0 Å². The molecule has 21 heavy (non-hydrogen) atoms. The van der Waals surface area contributed by atoms with Crippen molar-refractivity contribution in [2.24, 2.45) is 0 Å². The fourth-order valence-electron chi connectivity index (χ4n) is 2.29. The van der Waals surface area contributed by atoms with Gasteiger partial charge in [0.1, 0.15) is 12.4 Å². The first-order valence-electron chi connectivity index (χ1n) is 7.61. The zero-order valence-electron chi connectivity index (χ0n) is 13.7. The van der Waals surface area contributed by atoms with E-state index in [1.165, 1.54) is 16.7 Å². The summed E-state index contributed by atoms with van der Waals surface area (Å²) in [7, 11) is 0. The summed E-state index contributed by atoms with van der Waals surface area (Å²) >= 11 is 0. The van der Waals surface area contributed by atoms with E-state index in [-0.39, 0.29) is 5.41 Å². The van der Waals surface area contributed by atoms with Crippen molar-refractivity contribution < 1.29 is 4.74 Å². The first-order valence-corrected chi connectivity index (χ1v) is 7.61. The zero-order chi connectivity index (χ0) is 15.9. The molecular weight excluding hydrogens is 256 g/mol. The van der Waals surface area contributed by atoms with Crippen LogP contribution in [0, 0.1) is 0 Å². The lowest BCUT2D eigenvalue weighted by atomic mass is 9.80. The van der Waals surface area contributed by atoms with Gasteiger partial charge in [-0.05, 0) is 41.4 Å². The Balaban J connectivity index is 3.42. The molecule has 1 heteroatoms. The van der Waals surface area contributed by atoms with E-state index in [0.29, 0.717) is 6.61 Å². The average molecular weight is 284 g/mol. The topological polar surface area (TPSA) is 9.23 Å². The Bertz CT molecular complexity index is 478. The van der Waals surface area contributed by atoms with Gasteiger partial charge in [-0.15, -0.1) is 13.2 Å². The lowest BCUT2D eigenvalue weighted by Gasteiger charge is -2.26. The highest BCUT2D eigenvalue weighted by Crippen LogP contribution is 2.34. The molecule has 1 nitrogen and oxygen atoms in total. The Hall–Kier alpha value is -1.76. The molecule has 0 fully saturated rings. The van der Waals surface area contributed by atoms with E-state index < -0.39 is 0 Å². The summed E-state index contributed by atoms with van der Waals surface area (Å²) in [5.41, 5.74) is 3.90. The van der Waals surface area contributed by atoms with Crippen molar-refractivity contribution in [1.82, 2.24) is 0 Å². The molecule has 0 N–H and O–H groups in total. The van der Waals surface area contributed by atoms with Crippen LogP contribution in [0.15, 0.2) is 50.1 Å². The van der Waals surface area contributed by atoms with E-state index >= 15 is 0 Å². The Morgan fingerprint density at radius 2 is 1.52 bits per heavy atom. The summed E-state index contributed by atoms with van der Waals surface area (Å²) in [5.74, 6) is 0.963. The fraction of sp³-hybridized carbons (Fsp3) is 0.400. The molecular formula is C20H28O. The van der Waals surface area contributed by atoms with Gasteiger partial charge in [-0.2, -0.15) is 0 Å². The lowest BCUT2D eigenvalue weighted by Crippen LogP contribution is -2.17. The SMILES string of the molecule is C=CCOc1c(CC=C)cc(C(C)(C)CC)cc1CC=C. The summed E-state index contributed by atoms with van der Waals surface area (Å²) < 4.78 is 5.91. The van der Waals surface area contributed by atoms with Crippen LogP contribution >= 0.6 is 0 Å². The molecule has 0 bridgehead atoms. The first kappa shape index (κ1) is 17.3. The highest BCUT2D eigenvalue weighted by molar-refractivity contribution is 5.48. The summed E-state index contributed by atoms with van der Waals surface area (Å²) in [5, 5.41) is 0. The van der Waals surface area contributed by atoms with E-state index in [9.17, 15) is 0 Å². The molecule has 0 radical (unpaired) electrons. The molecule has 0 aliphatic rings. The van der Waals surface area contributed by atoms with Crippen molar-refractivity contribution in [2.45, 2.75) is 45.4 Å². The van der Waals surface area contributed by atoms with Gasteiger partial charge in [0.25, 0.3) is 0 Å². The van der Waals surface area contributed by atoms with Gasteiger partial charge in [0, 0.05) is 0 Å². The monoisotopic (exact) mass is 284 g/mol. The van der Waals surface area contributed by atoms with E-state index in [1.807, 2.05) is 12.2 Å². The molecule has 0 saturated heterocycles. The summed E-state index contributed by atoms with van der Waals surface area (Å²) in [6.45, 7) is 18.8. The molecule has 0 aliphatic heterocycles. The van der Waals surface area contributed by atoms with Crippen LogP contribution in [0.25, 0.3) is 0 Å². The number of allylic oxidation sites excluding steroid dienone is 2. The third-order valence-electron chi connectivity index (χ3n) is 3.98. The fourth-order valence-corrected chi connectivity index (χ4v) is 2.29. The minimum atomic E-state index is 0.156. The Labute approximate surface area is 130 Å². The molecule has 0 aromatic heterocycles. The van der Waals surface area contributed by atoms with Crippen LogP contribution in [-0.4, -0.2) is 6.61 Å². The number of rotatable bonds is 9. The highest BCUT2D eigenvalue weighted by atomic mass is 16.5. The average Bonchev–Trinajstić information content (AvgIpc) is 2.46. The molecule has 1 aromatic carbocycles. The van der Waals surface area contributed by atoms with Crippen LogP contribution in [0.2, 0.25) is 0 Å². The third kappa shape index (κ3) is 4.35. The molecule has 0 heterocycles. The molecule has 0 aliphatic carbocycles. The van der Waals surface area contributed by atoms with Gasteiger partial charge in [0.05, 0.1) is 0 Å². The standard InChI is InChI=1S/C20H28O/c1-7-11-16-14-18(20(5,6)10-4)15-17(12-8-2)19(16)21-13-9-3/h7-9,14-15H,1-3,10-13H2,4-6H3. The van der Waals surface area contributed by atoms with Crippen molar-refractivity contribution in [3.05, 3.63) is 66.8 Å². The number of hydrogen-bond acceptors (Lipinski definition) is 1. The lowest BCUT2D eigenvalue weighted by molar-refractivity contribution is 0.356. The van der Waals surface area contributed by atoms with Crippen LogP contribution in [-0.2, 0) is 18.3 Å². The van der Waals surface area contributed by atoms with Crippen molar-refractivity contribution in [2.75, 3.05) is 6.61 Å². The van der Waals surface area contributed by atoms with Gasteiger partial charge in [0.2, 0.25) is 0 Å². The van der Waals surface area contributed by atoms with Crippen molar-refractivity contribution >= 4 is 0 Å². The molecule has 0 spiro atoms. The van der Waals surface area contributed by atoms with E-state index in [0.717, 1.165) is 25.0 Å². The minimum Gasteiger partial charge on any atom is -0.489 e. The number of hydrogen-bond donors (Lipinski definition) is 0.